The molecule has 0 saturated heterocycles. The van der Waals surface area contributed by atoms with Gasteiger partial charge in [0, 0.05) is 5.92 Å². The smallest absolute Gasteiger partial charge is 0.289 e. The van der Waals surface area contributed by atoms with Crippen LogP contribution in [0.5, 0.6) is 0 Å². The van der Waals surface area contributed by atoms with Crippen LogP contribution in [0.2, 0.25) is 0 Å². The van der Waals surface area contributed by atoms with Gasteiger partial charge in [-0.15, -0.1) is 0 Å². The molecule has 1 atom stereocenters. The van der Waals surface area contributed by atoms with E-state index >= 15 is 0 Å². The third-order valence-electron chi connectivity index (χ3n) is 2.11. The number of rotatable bonds is 3. The molecule has 0 aliphatic carbocycles. The second-order valence-corrected chi connectivity index (χ2v) is 3.45. The van der Waals surface area contributed by atoms with Gasteiger partial charge in [-0.25, -0.2) is 0 Å². The van der Waals surface area contributed by atoms with Crippen LogP contribution < -0.4 is 0 Å². The molecule has 82 valence electrons. The summed E-state index contributed by atoms with van der Waals surface area (Å²) in [5, 5.41) is 0. The van der Waals surface area contributed by atoms with Gasteiger partial charge in [0.2, 0.25) is 5.78 Å². The SMILES string of the molecule is C[C@@H](Cc1ccccc1)C(=O)C(F)(F)F. The summed E-state index contributed by atoms with van der Waals surface area (Å²) in [5.74, 6) is -2.68. The first kappa shape index (κ1) is 11.8. The Morgan fingerprint density at radius 2 is 1.80 bits per heavy atom. The standard InChI is InChI=1S/C11H11F3O/c1-8(10(15)11(12,13)14)7-9-5-3-2-4-6-9/h2-6,8H,7H2,1H3/t8-/m0/s1. The molecule has 15 heavy (non-hydrogen) atoms. The van der Waals surface area contributed by atoms with E-state index in [2.05, 4.69) is 0 Å². The molecule has 1 aromatic carbocycles. The number of hydrogen-bond donors (Lipinski definition) is 0. The minimum atomic E-state index is -4.73. The van der Waals surface area contributed by atoms with E-state index in [9.17, 15) is 18.0 Å². The molecular weight excluding hydrogens is 205 g/mol. The van der Waals surface area contributed by atoms with E-state index in [1.54, 1.807) is 30.3 Å². The highest BCUT2D eigenvalue weighted by atomic mass is 19.4. The van der Waals surface area contributed by atoms with E-state index in [1.807, 2.05) is 0 Å². The van der Waals surface area contributed by atoms with E-state index in [0.717, 1.165) is 5.56 Å². The van der Waals surface area contributed by atoms with Crippen LogP contribution >= 0.6 is 0 Å². The molecule has 0 unspecified atom stereocenters. The lowest BCUT2D eigenvalue weighted by atomic mass is 9.97. The van der Waals surface area contributed by atoms with Gasteiger partial charge in [0.25, 0.3) is 0 Å². The predicted octanol–water partition coefficient (Wildman–Crippen LogP) is 3.00. The minimum Gasteiger partial charge on any atom is -0.289 e. The van der Waals surface area contributed by atoms with Crippen molar-refractivity contribution in [3.8, 4) is 0 Å². The van der Waals surface area contributed by atoms with Crippen molar-refractivity contribution in [2.75, 3.05) is 0 Å². The molecule has 0 aliphatic heterocycles. The van der Waals surface area contributed by atoms with Crippen molar-refractivity contribution in [2.45, 2.75) is 19.5 Å². The van der Waals surface area contributed by atoms with Crippen molar-refractivity contribution >= 4 is 5.78 Å². The van der Waals surface area contributed by atoms with Gasteiger partial charge < -0.3 is 0 Å². The van der Waals surface area contributed by atoms with Crippen LogP contribution in [0.15, 0.2) is 30.3 Å². The van der Waals surface area contributed by atoms with Crippen LogP contribution in [-0.2, 0) is 11.2 Å². The molecule has 1 nitrogen and oxygen atoms in total. The van der Waals surface area contributed by atoms with Crippen LogP contribution in [0.4, 0.5) is 13.2 Å². The zero-order valence-corrected chi connectivity index (χ0v) is 8.21. The molecule has 0 aliphatic rings. The molecular formula is C11H11F3O. The van der Waals surface area contributed by atoms with Crippen LogP contribution in [-0.4, -0.2) is 12.0 Å². The van der Waals surface area contributed by atoms with Gasteiger partial charge >= 0.3 is 6.18 Å². The summed E-state index contributed by atoms with van der Waals surface area (Å²) in [6, 6.07) is 8.67. The molecule has 1 aromatic rings. The van der Waals surface area contributed by atoms with Crippen molar-refractivity contribution in [2.24, 2.45) is 5.92 Å². The van der Waals surface area contributed by atoms with Gasteiger partial charge in [0.1, 0.15) is 0 Å². The fourth-order valence-corrected chi connectivity index (χ4v) is 1.34. The summed E-state index contributed by atoms with van der Waals surface area (Å²) in [5.41, 5.74) is 0.739. The summed E-state index contributed by atoms with van der Waals surface area (Å²) in [6.45, 7) is 1.29. The summed E-state index contributed by atoms with van der Waals surface area (Å²) in [7, 11) is 0. The highest BCUT2D eigenvalue weighted by Crippen LogP contribution is 2.22. The van der Waals surface area contributed by atoms with Crippen LogP contribution in [0.3, 0.4) is 0 Å². The van der Waals surface area contributed by atoms with Gasteiger partial charge in [0.05, 0.1) is 0 Å². The maximum atomic E-state index is 12.1. The lowest BCUT2D eigenvalue weighted by molar-refractivity contribution is -0.175. The first-order valence-electron chi connectivity index (χ1n) is 4.56. The average molecular weight is 216 g/mol. The summed E-state index contributed by atoms with van der Waals surface area (Å²) in [6.07, 6.45) is -4.60. The third kappa shape index (κ3) is 3.38. The highest BCUT2D eigenvalue weighted by Gasteiger charge is 2.41. The van der Waals surface area contributed by atoms with E-state index in [1.165, 1.54) is 6.92 Å². The van der Waals surface area contributed by atoms with Gasteiger partial charge in [-0.3, -0.25) is 4.79 Å². The second kappa shape index (κ2) is 4.47. The Morgan fingerprint density at radius 3 is 2.27 bits per heavy atom. The Labute approximate surface area is 85.9 Å². The first-order chi connectivity index (χ1) is 6.91. The van der Waals surface area contributed by atoms with Crippen molar-refractivity contribution < 1.29 is 18.0 Å². The summed E-state index contributed by atoms with van der Waals surface area (Å²) >= 11 is 0. The van der Waals surface area contributed by atoms with Gasteiger partial charge in [0.15, 0.2) is 0 Å². The number of carbonyl (C=O) groups is 1. The fraction of sp³-hybridized carbons (Fsp3) is 0.364. The first-order valence-corrected chi connectivity index (χ1v) is 4.56. The van der Waals surface area contributed by atoms with Crippen molar-refractivity contribution in [3.05, 3.63) is 35.9 Å². The molecule has 0 heterocycles. The average Bonchev–Trinajstić information content (AvgIpc) is 2.16. The van der Waals surface area contributed by atoms with Crippen LogP contribution in [0.1, 0.15) is 12.5 Å². The molecule has 0 spiro atoms. The normalized spacial score (nSPS) is 13.6. The summed E-state index contributed by atoms with van der Waals surface area (Å²) in [4.78, 5) is 10.8. The van der Waals surface area contributed by atoms with Gasteiger partial charge in [-0.2, -0.15) is 13.2 Å². The molecule has 4 heteroatoms. The summed E-state index contributed by atoms with van der Waals surface area (Å²) < 4.78 is 36.2. The van der Waals surface area contributed by atoms with Crippen molar-refractivity contribution in [1.29, 1.82) is 0 Å². The number of halogens is 3. The molecule has 0 radical (unpaired) electrons. The molecule has 0 saturated carbocycles. The Hall–Kier alpha value is -1.32. The Kier molecular flexibility index (Phi) is 3.50. The Balaban J connectivity index is 2.65. The van der Waals surface area contributed by atoms with E-state index in [4.69, 9.17) is 0 Å². The maximum absolute atomic E-state index is 12.1. The predicted molar refractivity (Wildman–Crippen MR) is 50.4 cm³/mol. The Bertz CT molecular complexity index is 329. The number of Topliss-reactive ketones (excluding diaryl/α,β-unsaturated/α-hetero) is 1. The largest absolute Gasteiger partial charge is 0.450 e. The Morgan fingerprint density at radius 1 is 1.27 bits per heavy atom. The quantitative estimate of drug-likeness (QED) is 0.759. The van der Waals surface area contributed by atoms with Crippen molar-refractivity contribution in [1.82, 2.24) is 0 Å². The zero-order valence-electron chi connectivity index (χ0n) is 8.21. The monoisotopic (exact) mass is 216 g/mol. The number of benzene rings is 1. The topological polar surface area (TPSA) is 17.1 Å². The lowest BCUT2D eigenvalue weighted by Crippen LogP contribution is -2.30. The molecule has 0 aromatic heterocycles. The molecule has 0 N–H and O–H groups in total. The zero-order chi connectivity index (χ0) is 11.5. The van der Waals surface area contributed by atoms with E-state index in [0.29, 0.717) is 0 Å². The molecule has 1 rings (SSSR count). The fourth-order valence-electron chi connectivity index (χ4n) is 1.34. The van der Waals surface area contributed by atoms with Crippen molar-refractivity contribution in [3.63, 3.8) is 0 Å². The number of carbonyl (C=O) groups excluding carboxylic acids is 1. The molecule has 0 amide bonds. The van der Waals surface area contributed by atoms with Gasteiger partial charge in [-0.05, 0) is 12.0 Å². The number of ketones is 1. The van der Waals surface area contributed by atoms with Crippen LogP contribution in [0, 0.1) is 5.92 Å². The second-order valence-electron chi connectivity index (χ2n) is 3.45. The van der Waals surface area contributed by atoms with Crippen LogP contribution in [0.25, 0.3) is 0 Å². The third-order valence-corrected chi connectivity index (χ3v) is 2.11. The number of hydrogen-bond acceptors (Lipinski definition) is 1. The lowest BCUT2D eigenvalue weighted by Gasteiger charge is -2.12. The maximum Gasteiger partial charge on any atom is 0.450 e. The highest BCUT2D eigenvalue weighted by molar-refractivity contribution is 5.86. The van der Waals surface area contributed by atoms with Gasteiger partial charge in [-0.1, -0.05) is 37.3 Å². The number of alkyl halides is 3. The molecule has 0 fully saturated rings. The van der Waals surface area contributed by atoms with E-state index in [-0.39, 0.29) is 6.42 Å². The van der Waals surface area contributed by atoms with E-state index < -0.39 is 17.9 Å². The minimum absolute atomic E-state index is 0.124. The molecule has 0 bridgehead atoms.